The smallest absolute Gasteiger partial charge is 0.260 e. The highest BCUT2D eigenvalue weighted by molar-refractivity contribution is 9.10. The largest absolute Gasteiger partial charge is 0.393 e. The maximum atomic E-state index is 13.9. The number of thiocarbonyl (C=S) groups is 1. The Bertz CT molecular complexity index is 795. The summed E-state index contributed by atoms with van der Waals surface area (Å²) in [6.45, 7) is 6.06. The van der Waals surface area contributed by atoms with Crippen LogP contribution in [-0.4, -0.2) is 32.7 Å². The normalized spacial score (nSPS) is 33.9. The Morgan fingerprint density at radius 2 is 1.96 bits per heavy atom. The summed E-state index contributed by atoms with van der Waals surface area (Å²) >= 11 is 9.23. The molecular formula is C20H25BrN2O2S. The van der Waals surface area contributed by atoms with Gasteiger partial charge in [0.25, 0.3) is 5.91 Å². The molecule has 0 bridgehead atoms. The Kier molecular flexibility index (Phi) is 4.07. The van der Waals surface area contributed by atoms with E-state index in [-0.39, 0.29) is 23.0 Å². The van der Waals surface area contributed by atoms with Gasteiger partial charge in [-0.05, 0) is 88.4 Å². The molecule has 1 saturated heterocycles. The van der Waals surface area contributed by atoms with E-state index in [0.29, 0.717) is 5.11 Å². The van der Waals surface area contributed by atoms with Crippen LogP contribution >= 0.6 is 28.1 Å². The molecule has 1 atom stereocenters. The van der Waals surface area contributed by atoms with Gasteiger partial charge in [0.05, 0.1) is 6.10 Å². The van der Waals surface area contributed by atoms with Crippen molar-refractivity contribution >= 4 is 39.2 Å². The van der Waals surface area contributed by atoms with E-state index in [1.54, 1.807) is 4.90 Å². The minimum Gasteiger partial charge on any atom is -0.393 e. The summed E-state index contributed by atoms with van der Waals surface area (Å²) in [5.74, 6) is 0.0586. The zero-order chi connectivity index (χ0) is 18.9. The van der Waals surface area contributed by atoms with Crippen LogP contribution in [0.3, 0.4) is 0 Å². The molecule has 6 heteroatoms. The molecule has 1 unspecified atom stereocenters. The third kappa shape index (κ3) is 2.34. The number of nitrogens with zero attached hydrogens (tertiary/aromatic N) is 1. The molecule has 1 aromatic carbocycles. The molecule has 4 nitrogen and oxygen atoms in total. The Labute approximate surface area is 168 Å². The van der Waals surface area contributed by atoms with Crippen LogP contribution in [0.15, 0.2) is 22.7 Å². The molecule has 140 valence electrons. The lowest BCUT2D eigenvalue weighted by Gasteiger charge is -2.46. The first-order valence-electron chi connectivity index (χ1n) is 9.24. The summed E-state index contributed by atoms with van der Waals surface area (Å²) < 4.78 is 0.971. The van der Waals surface area contributed by atoms with Gasteiger partial charge in [-0.2, -0.15) is 0 Å². The van der Waals surface area contributed by atoms with Crippen LogP contribution in [0.1, 0.15) is 57.6 Å². The molecule has 4 rings (SSSR count). The maximum Gasteiger partial charge on any atom is 0.260 e. The molecular weight excluding hydrogens is 412 g/mol. The van der Waals surface area contributed by atoms with Crippen molar-refractivity contribution in [2.45, 2.75) is 70.1 Å². The monoisotopic (exact) mass is 436 g/mol. The number of carbonyl (C=O) groups is 1. The van der Waals surface area contributed by atoms with E-state index in [0.717, 1.165) is 42.1 Å². The average molecular weight is 437 g/mol. The standard InChI is InChI=1S/C20H25BrN2O2S/c1-18(2,3)23-16(25)20(22-17(23)26)15-10-13(21)5-4-12(15)11-19(20)8-6-14(24)7-9-19/h4-5,10,14,24H,6-9,11H2,1-3H3,(H,22,26). The highest BCUT2D eigenvalue weighted by atomic mass is 79.9. The van der Waals surface area contributed by atoms with E-state index >= 15 is 0 Å². The van der Waals surface area contributed by atoms with E-state index in [4.69, 9.17) is 12.2 Å². The predicted octanol–water partition coefficient (Wildman–Crippen LogP) is 3.64. The van der Waals surface area contributed by atoms with Gasteiger partial charge in [-0.25, -0.2) is 0 Å². The number of rotatable bonds is 0. The summed E-state index contributed by atoms with van der Waals surface area (Å²) in [7, 11) is 0. The van der Waals surface area contributed by atoms with Gasteiger partial charge in [-0.1, -0.05) is 22.0 Å². The Hall–Kier alpha value is -0.980. The van der Waals surface area contributed by atoms with Gasteiger partial charge in [0.2, 0.25) is 0 Å². The molecule has 0 aromatic heterocycles. The fraction of sp³-hybridized carbons (Fsp3) is 0.600. The van der Waals surface area contributed by atoms with Crippen LogP contribution in [-0.2, 0) is 16.8 Å². The number of hydrogen-bond acceptors (Lipinski definition) is 3. The fourth-order valence-electron chi connectivity index (χ4n) is 5.22. The van der Waals surface area contributed by atoms with Gasteiger partial charge in [-0.15, -0.1) is 0 Å². The van der Waals surface area contributed by atoms with Gasteiger partial charge < -0.3 is 10.4 Å². The van der Waals surface area contributed by atoms with Crippen molar-refractivity contribution in [1.82, 2.24) is 10.2 Å². The van der Waals surface area contributed by atoms with Crippen molar-refractivity contribution in [3.63, 3.8) is 0 Å². The van der Waals surface area contributed by atoms with Gasteiger partial charge in [-0.3, -0.25) is 9.69 Å². The SMILES string of the molecule is CC(C)(C)N1C(=O)C2(NC1=S)c1cc(Br)ccc1CC21CCC(O)CC1. The highest BCUT2D eigenvalue weighted by Crippen LogP contribution is 2.60. The molecule has 2 spiro atoms. The fourth-order valence-corrected chi connectivity index (χ4v) is 6.09. The highest BCUT2D eigenvalue weighted by Gasteiger charge is 2.68. The molecule has 2 fully saturated rings. The molecule has 0 radical (unpaired) electrons. The minimum atomic E-state index is -0.823. The number of fused-ring (bicyclic) bond motifs is 3. The summed E-state index contributed by atoms with van der Waals surface area (Å²) in [5, 5.41) is 14.1. The number of amides is 1. The van der Waals surface area contributed by atoms with E-state index in [2.05, 4.69) is 33.4 Å². The predicted molar refractivity (Wildman–Crippen MR) is 109 cm³/mol. The number of hydrogen-bond donors (Lipinski definition) is 2. The second-order valence-electron chi connectivity index (χ2n) is 8.98. The Balaban J connectivity index is 1.92. The number of aliphatic hydroxyl groups excluding tert-OH is 1. The summed E-state index contributed by atoms with van der Waals surface area (Å²) in [5.41, 5.74) is 0.813. The third-order valence-corrected chi connectivity index (χ3v) is 7.18. The average Bonchev–Trinajstić information content (AvgIpc) is 2.96. The molecule has 1 amide bonds. The maximum absolute atomic E-state index is 13.9. The van der Waals surface area contributed by atoms with Crippen LogP contribution < -0.4 is 5.32 Å². The lowest BCUT2D eigenvalue weighted by Crippen LogP contribution is -2.57. The number of halogens is 1. The first kappa shape index (κ1) is 18.4. The van der Waals surface area contributed by atoms with Crippen LogP contribution in [0, 0.1) is 5.41 Å². The van der Waals surface area contributed by atoms with Crippen molar-refractivity contribution in [2.24, 2.45) is 5.41 Å². The van der Waals surface area contributed by atoms with E-state index < -0.39 is 5.54 Å². The minimum absolute atomic E-state index is 0.0586. The molecule has 26 heavy (non-hydrogen) atoms. The Morgan fingerprint density at radius 1 is 1.31 bits per heavy atom. The lowest BCUT2D eigenvalue weighted by atomic mass is 9.61. The first-order chi connectivity index (χ1) is 12.1. The van der Waals surface area contributed by atoms with Gasteiger partial charge in [0.1, 0.15) is 0 Å². The van der Waals surface area contributed by atoms with Crippen molar-refractivity contribution in [1.29, 1.82) is 0 Å². The molecule has 1 aliphatic heterocycles. The zero-order valence-corrected chi connectivity index (χ0v) is 17.8. The summed E-state index contributed by atoms with van der Waals surface area (Å²) in [4.78, 5) is 15.7. The van der Waals surface area contributed by atoms with Crippen molar-refractivity contribution < 1.29 is 9.90 Å². The van der Waals surface area contributed by atoms with Crippen LogP contribution in [0.5, 0.6) is 0 Å². The number of nitrogens with one attached hydrogen (secondary N) is 1. The van der Waals surface area contributed by atoms with Crippen molar-refractivity contribution in [3.8, 4) is 0 Å². The van der Waals surface area contributed by atoms with Gasteiger partial charge >= 0.3 is 0 Å². The number of benzene rings is 1. The second-order valence-corrected chi connectivity index (χ2v) is 10.3. The molecule has 1 aromatic rings. The van der Waals surface area contributed by atoms with Crippen molar-refractivity contribution in [3.05, 3.63) is 33.8 Å². The van der Waals surface area contributed by atoms with E-state index in [1.165, 1.54) is 5.56 Å². The van der Waals surface area contributed by atoms with E-state index in [1.807, 2.05) is 26.8 Å². The first-order valence-corrected chi connectivity index (χ1v) is 10.4. The molecule has 2 N–H and O–H groups in total. The van der Waals surface area contributed by atoms with Gasteiger partial charge in [0.15, 0.2) is 10.7 Å². The van der Waals surface area contributed by atoms with Crippen LogP contribution in [0.2, 0.25) is 0 Å². The van der Waals surface area contributed by atoms with Crippen LogP contribution in [0.4, 0.5) is 0 Å². The van der Waals surface area contributed by atoms with Gasteiger partial charge in [0, 0.05) is 15.4 Å². The Morgan fingerprint density at radius 3 is 2.54 bits per heavy atom. The topological polar surface area (TPSA) is 52.6 Å². The number of aliphatic hydroxyl groups is 1. The van der Waals surface area contributed by atoms with E-state index in [9.17, 15) is 9.90 Å². The summed E-state index contributed by atoms with van der Waals surface area (Å²) in [6.07, 6.45) is 3.68. The van der Waals surface area contributed by atoms with Crippen molar-refractivity contribution in [2.75, 3.05) is 0 Å². The lowest BCUT2D eigenvalue weighted by molar-refractivity contribution is -0.141. The second kappa shape index (κ2) is 5.76. The molecule has 3 aliphatic rings. The third-order valence-electron chi connectivity index (χ3n) is 6.40. The number of carbonyl (C=O) groups excluding carboxylic acids is 1. The molecule has 1 heterocycles. The quantitative estimate of drug-likeness (QED) is 0.609. The molecule has 2 aliphatic carbocycles. The van der Waals surface area contributed by atoms with Crippen LogP contribution in [0.25, 0.3) is 0 Å². The molecule has 1 saturated carbocycles. The zero-order valence-electron chi connectivity index (χ0n) is 15.4. The summed E-state index contributed by atoms with van der Waals surface area (Å²) in [6, 6.07) is 6.25.